The third kappa shape index (κ3) is 3.19. The predicted molar refractivity (Wildman–Crippen MR) is 110 cm³/mol. The van der Waals surface area contributed by atoms with Crippen LogP contribution in [-0.2, 0) is 11.2 Å². The lowest BCUT2D eigenvalue weighted by Crippen LogP contribution is -2.37. The highest BCUT2D eigenvalue weighted by Gasteiger charge is 2.19. The number of nitrogens with zero attached hydrogens (tertiary/aromatic N) is 4. The molecule has 0 aliphatic carbocycles. The third-order valence-electron chi connectivity index (χ3n) is 5.27. The van der Waals surface area contributed by atoms with E-state index < -0.39 is 0 Å². The molecule has 7 nitrogen and oxygen atoms in total. The van der Waals surface area contributed by atoms with Crippen LogP contribution in [0.3, 0.4) is 0 Å². The number of phenols is 1. The van der Waals surface area contributed by atoms with Gasteiger partial charge in [-0.1, -0.05) is 30.3 Å². The maximum Gasteiger partial charge on any atom is 0.172 e. The van der Waals surface area contributed by atoms with Crippen molar-refractivity contribution in [1.29, 1.82) is 0 Å². The highest BCUT2D eigenvalue weighted by Crippen LogP contribution is 2.29. The first kappa shape index (κ1) is 17.6. The molecule has 0 atom stereocenters. The molecule has 2 aromatic carbocycles. The molecule has 146 valence electrons. The monoisotopic (exact) mass is 388 g/mol. The van der Waals surface area contributed by atoms with E-state index in [1.165, 1.54) is 0 Å². The molecular weight excluding hydrogens is 368 g/mol. The molecular formula is C22H20N4O3. The molecule has 4 aromatic rings. The van der Waals surface area contributed by atoms with Gasteiger partial charge in [0.2, 0.25) is 0 Å². The summed E-state index contributed by atoms with van der Waals surface area (Å²) in [5.41, 5.74) is 1.66. The van der Waals surface area contributed by atoms with E-state index in [0.29, 0.717) is 35.5 Å². The van der Waals surface area contributed by atoms with Gasteiger partial charge in [-0.2, -0.15) is 9.61 Å². The Morgan fingerprint density at radius 2 is 1.93 bits per heavy atom. The lowest BCUT2D eigenvalue weighted by Gasteiger charge is -2.29. The van der Waals surface area contributed by atoms with Crippen molar-refractivity contribution in [2.45, 2.75) is 6.42 Å². The number of benzene rings is 2. The van der Waals surface area contributed by atoms with E-state index in [1.807, 2.05) is 42.5 Å². The Labute approximate surface area is 167 Å². The van der Waals surface area contributed by atoms with E-state index in [-0.39, 0.29) is 18.0 Å². The Morgan fingerprint density at radius 3 is 2.79 bits per heavy atom. The standard InChI is InChI=1S/C22H20N4O3/c27-19(18-6-5-15-3-1-2-4-17(15)22(18)28)13-16-14-21(25-9-11-29-12-10-25)26-20(24-16)7-8-23-26/h1-8,14,28H,9-13H2. The maximum absolute atomic E-state index is 13.0. The van der Waals surface area contributed by atoms with Gasteiger partial charge in [0.1, 0.15) is 11.6 Å². The number of ketones is 1. The summed E-state index contributed by atoms with van der Waals surface area (Å²) in [4.78, 5) is 19.8. The Kier molecular flexibility index (Phi) is 4.37. The van der Waals surface area contributed by atoms with E-state index >= 15 is 0 Å². The molecule has 0 unspecified atom stereocenters. The number of fused-ring (bicyclic) bond motifs is 2. The summed E-state index contributed by atoms with van der Waals surface area (Å²) >= 11 is 0. The number of aromatic nitrogens is 3. The normalized spacial score (nSPS) is 14.6. The van der Waals surface area contributed by atoms with E-state index in [9.17, 15) is 9.90 Å². The van der Waals surface area contributed by atoms with Crippen molar-refractivity contribution in [3.8, 4) is 5.75 Å². The summed E-state index contributed by atoms with van der Waals surface area (Å²) < 4.78 is 7.23. The number of ether oxygens (including phenoxy) is 1. The van der Waals surface area contributed by atoms with Gasteiger partial charge in [0.25, 0.3) is 0 Å². The molecule has 1 N–H and O–H groups in total. The minimum Gasteiger partial charge on any atom is -0.507 e. The van der Waals surface area contributed by atoms with Gasteiger partial charge in [0.05, 0.1) is 37.1 Å². The fourth-order valence-electron chi connectivity index (χ4n) is 3.80. The Morgan fingerprint density at radius 1 is 1.10 bits per heavy atom. The smallest absolute Gasteiger partial charge is 0.172 e. The molecule has 1 aliphatic rings. The summed E-state index contributed by atoms with van der Waals surface area (Å²) in [6, 6.07) is 14.7. The van der Waals surface area contributed by atoms with Crippen molar-refractivity contribution in [2.75, 3.05) is 31.2 Å². The summed E-state index contributed by atoms with van der Waals surface area (Å²) in [7, 11) is 0. The molecule has 2 aromatic heterocycles. The number of rotatable bonds is 4. The number of aromatic hydroxyl groups is 1. The lowest BCUT2D eigenvalue weighted by atomic mass is 10.00. The third-order valence-corrected chi connectivity index (χ3v) is 5.27. The van der Waals surface area contributed by atoms with Crippen LogP contribution in [0.15, 0.2) is 54.7 Å². The van der Waals surface area contributed by atoms with Crippen LogP contribution in [0.4, 0.5) is 5.82 Å². The van der Waals surface area contributed by atoms with E-state index in [4.69, 9.17) is 4.74 Å². The zero-order valence-electron chi connectivity index (χ0n) is 15.8. The van der Waals surface area contributed by atoms with Crippen LogP contribution in [-0.4, -0.2) is 51.8 Å². The first-order chi connectivity index (χ1) is 14.2. The number of phenolic OH excluding ortho intramolecular Hbond substituents is 1. The zero-order chi connectivity index (χ0) is 19.8. The van der Waals surface area contributed by atoms with Crippen molar-refractivity contribution < 1.29 is 14.6 Å². The summed E-state index contributed by atoms with van der Waals surface area (Å²) in [6.45, 7) is 2.84. The molecule has 0 amide bonds. The molecule has 29 heavy (non-hydrogen) atoms. The molecule has 1 fully saturated rings. The van der Waals surface area contributed by atoms with Crippen molar-refractivity contribution >= 4 is 28.0 Å². The minimum absolute atomic E-state index is 0.0203. The average Bonchev–Trinajstić information content (AvgIpc) is 3.23. The summed E-state index contributed by atoms with van der Waals surface area (Å²) in [5.74, 6) is 0.748. The Balaban J connectivity index is 1.50. The van der Waals surface area contributed by atoms with E-state index in [0.717, 1.165) is 24.3 Å². The molecule has 0 bridgehead atoms. The molecule has 1 saturated heterocycles. The minimum atomic E-state index is -0.169. The van der Waals surface area contributed by atoms with Crippen molar-refractivity contribution in [3.05, 3.63) is 66.0 Å². The van der Waals surface area contributed by atoms with Gasteiger partial charge in [-0.3, -0.25) is 4.79 Å². The van der Waals surface area contributed by atoms with Crippen LogP contribution >= 0.6 is 0 Å². The quantitative estimate of drug-likeness (QED) is 0.542. The number of anilines is 1. The van der Waals surface area contributed by atoms with Crippen LogP contribution in [0.2, 0.25) is 0 Å². The number of hydrogen-bond donors (Lipinski definition) is 1. The second-order valence-electron chi connectivity index (χ2n) is 7.09. The molecule has 1 aliphatic heterocycles. The van der Waals surface area contributed by atoms with Gasteiger partial charge in [-0.05, 0) is 11.5 Å². The number of Topliss-reactive ketones (excluding diaryl/α,β-unsaturated/α-hetero) is 1. The maximum atomic E-state index is 13.0. The van der Waals surface area contributed by atoms with Crippen LogP contribution in [0.5, 0.6) is 5.75 Å². The fourth-order valence-corrected chi connectivity index (χ4v) is 3.80. The van der Waals surface area contributed by atoms with Crippen LogP contribution < -0.4 is 4.90 Å². The van der Waals surface area contributed by atoms with Gasteiger partial charge >= 0.3 is 0 Å². The lowest BCUT2D eigenvalue weighted by molar-refractivity contribution is 0.0989. The highest BCUT2D eigenvalue weighted by molar-refractivity contribution is 6.05. The predicted octanol–water partition coefficient (Wildman–Crippen LogP) is 2.85. The Hall–Kier alpha value is -3.45. The molecule has 3 heterocycles. The molecule has 5 rings (SSSR count). The number of morpholine rings is 1. The topological polar surface area (TPSA) is 80.0 Å². The number of carbonyl (C=O) groups excluding carboxylic acids is 1. The summed E-state index contributed by atoms with van der Waals surface area (Å²) in [5, 5.41) is 16.6. The van der Waals surface area contributed by atoms with Crippen LogP contribution in [0.25, 0.3) is 16.4 Å². The second kappa shape index (κ2) is 7.18. The van der Waals surface area contributed by atoms with Crippen molar-refractivity contribution in [3.63, 3.8) is 0 Å². The molecule has 0 spiro atoms. The molecule has 0 saturated carbocycles. The fraction of sp³-hybridized carbons (Fsp3) is 0.227. The zero-order valence-corrected chi connectivity index (χ0v) is 15.8. The van der Waals surface area contributed by atoms with Gasteiger partial charge in [0, 0.05) is 30.6 Å². The number of hydrogen-bond acceptors (Lipinski definition) is 6. The van der Waals surface area contributed by atoms with Crippen molar-refractivity contribution in [2.24, 2.45) is 0 Å². The van der Waals surface area contributed by atoms with Gasteiger partial charge < -0.3 is 14.7 Å². The van der Waals surface area contributed by atoms with Crippen molar-refractivity contribution in [1.82, 2.24) is 14.6 Å². The second-order valence-corrected chi connectivity index (χ2v) is 7.09. The first-order valence-electron chi connectivity index (χ1n) is 9.61. The number of carbonyl (C=O) groups is 1. The SMILES string of the molecule is O=C(Cc1cc(N2CCOCC2)n2nccc2n1)c1ccc2ccccc2c1O. The van der Waals surface area contributed by atoms with Gasteiger partial charge in [-0.15, -0.1) is 0 Å². The van der Waals surface area contributed by atoms with Gasteiger partial charge in [-0.25, -0.2) is 4.98 Å². The van der Waals surface area contributed by atoms with E-state index in [2.05, 4.69) is 15.0 Å². The molecule has 7 heteroatoms. The largest absolute Gasteiger partial charge is 0.507 e. The first-order valence-corrected chi connectivity index (χ1v) is 9.61. The van der Waals surface area contributed by atoms with Crippen LogP contribution in [0, 0.1) is 0 Å². The molecule has 0 radical (unpaired) electrons. The highest BCUT2D eigenvalue weighted by atomic mass is 16.5. The van der Waals surface area contributed by atoms with E-state index in [1.54, 1.807) is 16.8 Å². The van der Waals surface area contributed by atoms with Crippen LogP contribution in [0.1, 0.15) is 16.1 Å². The van der Waals surface area contributed by atoms with Gasteiger partial charge in [0.15, 0.2) is 11.4 Å². The average molecular weight is 388 g/mol. The summed E-state index contributed by atoms with van der Waals surface area (Å²) in [6.07, 6.45) is 1.80. The Bertz CT molecular complexity index is 1210.